The van der Waals surface area contributed by atoms with Gasteiger partial charge in [0.1, 0.15) is 5.58 Å². The number of benzene rings is 2. The second-order valence-electron chi connectivity index (χ2n) is 9.05. The van der Waals surface area contributed by atoms with Gasteiger partial charge in [-0.2, -0.15) is 5.10 Å². The van der Waals surface area contributed by atoms with Crippen LogP contribution < -0.4 is 10.3 Å². The minimum absolute atomic E-state index is 0.122. The van der Waals surface area contributed by atoms with E-state index in [0.717, 1.165) is 17.4 Å². The number of hydrogen-bond acceptors (Lipinski definition) is 4. The van der Waals surface area contributed by atoms with E-state index in [1.165, 1.54) is 11.3 Å². The van der Waals surface area contributed by atoms with E-state index in [4.69, 9.17) is 4.42 Å². The van der Waals surface area contributed by atoms with Crippen molar-refractivity contribution >= 4 is 28.8 Å². The van der Waals surface area contributed by atoms with Crippen LogP contribution in [0.4, 0.5) is 5.69 Å². The summed E-state index contributed by atoms with van der Waals surface area (Å²) in [6.07, 6.45) is 2.79. The predicted molar refractivity (Wildman–Crippen MR) is 122 cm³/mol. The number of anilines is 1. The third-order valence-electron chi connectivity index (χ3n) is 5.85. The summed E-state index contributed by atoms with van der Waals surface area (Å²) in [6, 6.07) is 16.1. The van der Waals surface area contributed by atoms with Crippen molar-refractivity contribution in [3.63, 3.8) is 0 Å². The Balaban J connectivity index is 1.52. The Labute approximate surface area is 177 Å². The van der Waals surface area contributed by atoms with Crippen LogP contribution >= 0.6 is 0 Å². The number of furan rings is 1. The number of carbonyl (C=O) groups excluding carboxylic acids is 1. The van der Waals surface area contributed by atoms with E-state index in [0.29, 0.717) is 17.5 Å². The van der Waals surface area contributed by atoms with Crippen molar-refractivity contribution in [3.05, 3.63) is 65.4 Å². The Kier molecular flexibility index (Phi) is 5.14. The molecule has 1 N–H and O–H groups in total. The van der Waals surface area contributed by atoms with Gasteiger partial charge < -0.3 is 9.32 Å². The standard InChI is InChI=1S/C25H29N3O2/c1-16(2)28-21-11-10-18(12-20(21)17(3)14-25(28,4)5)15-26-27-24(29)23-13-19-8-6-7-9-22(19)30-23/h6-13,15-17H,14H2,1-5H3,(H,27,29)/b26-15+/t17-/m1/s1. The molecule has 0 fully saturated rings. The van der Waals surface area contributed by atoms with Crippen molar-refractivity contribution in [1.82, 2.24) is 5.43 Å². The first kappa shape index (κ1) is 20.2. The number of nitrogens with zero attached hydrogens (tertiary/aromatic N) is 2. The maximum absolute atomic E-state index is 12.4. The van der Waals surface area contributed by atoms with E-state index < -0.39 is 0 Å². The van der Waals surface area contributed by atoms with Crippen LogP contribution in [0.1, 0.15) is 68.6 Å². The quantitative estimate of drug-likeness (QED) is 0.449. The Morgan fingerprint density at radius 3 is 2.73 bits per heavy atom. The van der Waals surface area contributed by atoms with Gasteiger partial charge in [0.05, 0.1) is 6.21 Å². The monoisotopic (exact) mass is 403 g/mol. The van der Waals surface area contributed by atoms with Crippen molar-refractivity contribution in [3.8, 4) is 0 Å². The van der Waals surface area contributed by atoms with Gasteiger partial charge >= 0.3 is 5.91 Å². The first-order valence-electron chi connectivity index (χ1n) is 10.5. The summed E-state index contributed by atoms with van der Waals surface area (Å²) in [6.45, 7) is 11.4. The van der Waals surface area contributed by atoms with Crippen molar-refractivity contribution in [2.75, 3.05) is 4.90 Å². The lowest BCUT2D eigenvalue weighted by Crippen LogP contribution is -2.51. The molecule has 2 heterocycles. The van der Waals surface area contributed by atoms with Gasteiger partial charge in [-0.05, 0) is 75.4 Å². The number of fused-ring (bicyclic) bond motifs is 2. The zero-order chi connectivity index (χ0) is 21.5. The minimum Gasteiger partial charge on any atom is -0.451 e. The Bertz CT molecular complexity index is 1080. The number of carbonyl (C=O) groups is 1. The summed E-state index contributed by atoms with van der Waals surface area (Å²) < 4.78 is 5.58. The van der Waals surface area contributed by atoms with Gasteiger partial charge in [0.2, 0.25) is 0 Å². The van der Waals surface area contributed by atoms with Crippen molar-refractivity contribution in [2.45, 2.75) is 58.5 Å². The molecular weight excluding hydrogens is 374 g/mol. The summed E-state index contributed by atoms with van der Waals surface area (Å²) in [4.78, 5) is 14.9. The highest BCUT2D eigenvalue weighted by molar-refractivity contribution is 5.96. The number of amides is 1. The molecule has 0 bridgehead atoms. The molecule has 1 amide bonds. The molecule has 0 unspecified atom stereocenters. The maximum Gasteiger partial charge on any atom is 0.307 e. The van der Waals surface area contributed by atoms with Gasteiger partial charge in [0.25, 0.3) is 0 Å². The smallest absolute Gasteiger partial charge is 0.307 e. The molecule has 5 heteroatoms. The summed E-state index contributed by atoms with van der Waals surface area (Å²) >= 11 is 0. The first-order valence-corrected chi connectivity index (χ1v) is 10.5. The largest absolute Gasteiger partial charge is 0.451 e. The fourth-order valence-corrected chi connectivity index (χ4v) is 4.84. The van der Waals surface area contributed by atoms with Crippen molar-refractivity contribution in [1.29, 1.82) is 0 Å². The molecule has 0 saturated heterocycles. The van der Waals surface area contributed by atoms with Crippen LogP contribution in [0.3, 0.4) is 0 Å². The van der Waals surface area contributed by atoms with Gasteiger partial charge in [-0.3, -0.25) is 4.79 Å². The van der Waals surface area contributed by atoms with Crippen LogP contribution in [-0.4, -0.2) is 23.7 Å². The molecule has 156 valence electrons. The van der Waals surface area contributed by atoms with Crippen molar-refractivity contribution in [2.24, 2.45) is 5.10 Å². The number of hydrogen-bond donors (Lipinski definition) is 1. The average Bonchev–Trinajstić information content (AvgIpc) is 3.11. The van der Waals surface area contributed by atoms with E-state index in [9.17, 15) is 4.79 Å². The molecule has 1 atom stereocenters. The molecule has 1 aromatic heterocycles. The topological polar surface area (TPSA) is 57.8 Å². The lowest BCUT2D eigenvalue weighted by atomic mass is 9.79. The van der Waals surface area contributed by atoms with Gasteiger partial charge in [0.15, 0.2) is 5.76 Å². The summed E-state index contributed by atoms with van der Waals surface area (Å²) in [7, 11) is 0. The number of nitrogens with one attached hydrogen (secondary N) is 1. The Morgan fingerprint density at radius 2 is 2.00 bits per heavy atom. The number of rotatable bonds is 4. The second kappa shape index (κ2) is 7.63. The molecule has 0 spiro atoms. The third-order valence-corrected chi connectivity index (χ3v) is 5.85. The molecule has 2 aromatic carbocycles. The van der Waals surface area contributed by atoms with E-state index in [-0.39, 0.29) is 17.2 Å². The van der Waals surface area contributed by atoms with E-state index in [1.54, 1.807) is 12.3 Å². The zero-order valence-corrected chi connectivity index (χ0v) is 18.3. The first-order chi connectivity index (χ1) is 14.3. The van der Waals surface area contributed by atoms with Crippen LogP contribution in [0.15, 0.2) is 58.0 Å². The van der Waals surface area contributed by atoms with E-state index in [1.807, 2.05) is 24.3 Å². The lowest BCUT2D eigenvalue weighted by Gasteiger charge is -2.50. The van der Waals surface area contributed by atoms with Crippen LogP contribution in [-0.2, 0) is 0 Å². The second-order valence-corrected chi connectivity index (χ2v) is 9.05. The molecule has 0 radical (unpaired) electrons. The predicted octanol–water partition coefficient (Wildman–Crippen LogP) is 5.70. The molecular formula is C25H29N3O2. The van der Waals surface area contributed by atoms with Gasteiger partial charge in [-0.25, -0.2) is 5.43 Å². The molecule has 1 aliphatic rings. The highest BCUT2D eigenvalue weighted by atomic mass is 16.3. The number of hydrazone groups is 1. The molecule has 0 aliphatic carbocycles. The SMILES string of the molecule is CC(C)N1c2ccc(/C=N/NC(=O)c3cc4ccccc4o3)cc2[C@H](C)CC1(C)C. The number of para-hydroxylation sites is 1. The normalized spacial score (nSPS) is 18.2. The summed E-state index contributed by atoms with van der Waals surface area (Å²) in [5.41, 5.74) is 6.96. The molecule has 4 rings (SSSR count). The van der Waals surface area contributed by atoms with E-state index in [2.05, 4.69) is 68.2 Å². The molecule has 5 nitrogen and oxygen atoms in total. The molecule has 30 heavy (non-hydrogen) atoms. The van der Waals surface area contributed by atoms with Crippen molar-refractivity contribution < 1.29 is 9.21 Å². The van der Waals surface area contributed by atoms with Crippen LogP contribution in [0.5, 0.6) is 0 Å². The third kappa shape index (κ3) is 3.72. The highest BCUT2D eigenvalue weighted by Crippen LogP contribution is 2.44. The Hall–Kier alpha value is -3.08. The average molecular weight is 404 g/mol. The van der Waals surface area contributed by atoms with Crippen LogP contribution in [0, 0.1) is 0 Å². The van der Waals surface area contributed by atoms with Gasteiger partial charge in [-0.15, -0.1) is 0 Å². The lowest BCUT2D eigenvalue weighted by molar-refractivity contribution is 0.0929. The Morgan fingerprint density at radius 1 is 1.23 bits per heavy atom. The minimum atomic E-state index is -0.360. The molecule has 0 saturated carbocycles. The molecule has 1 aliphatic heterocycles. The fraction of sp³-hybridized carbons (Fsp3) is 0.360. The van der Waals surface area contributed by atoms with Crippen LogP contribution in [0.2, 0.25) is 0 Å². The van der Waals surface area contributed by atoms with Gasteiger partial charge in [-0.1, -0.05) is 31.2 Å². The fourth-order valence-electron chi connectivity index (χ4n) is 4.84. The zero-order valence-electron chi connectivity index (χ0n) is 18.3. The van der Waals surface area contributed by atoms with Gasteiger partial charge in [0, 0.05) is 22.7 Å². The molecule has 3 aromatic rings. The summed E-state index contributed by atoms with van der Waals surface area (Å²) in [5, 5.41) is 5.04. The maximum atomic E-state index is 12.4. The highest BCUT2D eigenvalue weighted by Gasteiger charge is 2.37. The van der Waals surface area contributed by atoms with Crippen LogP contribution in [0.25, 0.3) is 11.0 Å². The summed E-state index contributed by atoms with van der Waals surface area (Å²) in [5.74, 6) is 0.354. The van der Waals surface area contributed by atoms with E-state index >= 15 is 0 Å².